The molecule has 4 rings (SSSR count). The van der Waals surface area contributed by atoms with Crippen molar-refractivity contribution in [2.24, 2.45) is 0 Å². The minimum absolute atomic E-state index is 0.242. The van der Waals surface area contributed by atoms with E-state index in [4.69, 9.17) is 4.98 Å². The van der Waals surface area contributed by atoms with Crippen LogP contribution in [0.4, 0.5) is 10.1 Å². The number of pyridine rings is 1. The highest BCUT2D eigenvalue weighted by atomic mass is 19.1. The molecule has 25 heavy (non-hydrogen) atoms. The second-order valence-corrected chi connectivity index (χ2v) is 6.13. The molecular weight excluding hydrogens is 313 g/mol. The van der Waals surface area contributed by atoms with Gasteiger partial charge in [-0.25, -0.2) is 9.37 Å². The van der Waals surface area contributed by atoms with E-state index in [9.17, 15) is 4.39 Å². The van der Waals surface area contributed by atoms with Gasteiger partial charge in [0.1, 0.15) is 5.82 Å². The van der Waals surface area contributed by atoms with E-state index >= 15 is 0 Å². The third kappa shape index (κ3) is 3.24. The number of aryl methyl sites for hydroxylation is 1. The van der Waals surface area contributed by atoms with Gasteiger partial charge in [0.05, 0.1) is 11.4 Å². The van der Waals surface area contributed by atoms with Crippen molar-refractivity contribution in [2.45, 2.75) is 13.5 Å². The van der Waals surface area contributed by atoms with E-state index in [1.165, 1.54) is 17.7 Å². The van der Waals surface area contributed by atoms with Gasteiger partial charge in [0, 0.05) is 24.5 Å². The van der Waals surface area contributed by atoms with Crippen molar-refractivity contribution in [3.8, 4) is 11.3 Å². The second-order valence-electron chi connectivity index (χ2n) is 6.13. The largest absolute Gasteiger partial charge is 0.378 e. The van der Waals surface area contributed by atoms with Gasteiger partial charge in [-0.2, -0.15) is 0 Å². The standard InChI is InChI=1S/C21H18FN3/c1-15-11-19(23-12-16-5-3-2-4-6-16)21-24-20(14-25(21)13-15)17-7-9-18(22)10-8-17/h2-11,13-14,23H,12H2,1H3. The molecule has 0 radical (unpaired) electrons. The van der Waals surface area contributed by atoms with E-state index in [0.717, 1.165) is 34.7 Å². The lowest BCUT2D eigenvalue weighted by molar-refractivity contribution is 0.628. The molecule has 0 aliphatic heterocycles. The van der Waals surface area contributed by atoms with Crippen molar-refractivity contribution in [1.82, 2.24) is 9.38 Å². The number of anilines is 1. The van der Waals surface area contributed by atoms with E-state index in [-0.39, 0.29) is 5.82 Å². The zero-order chi connectivity index (χ0) is 17.2. The first-order chi connectivity index (χ1) is 12.2. The highest BCUT2D eigenvalue weighted by molar-refractivity contribution is 5.73. The van der Waals surface area contributed by atoms with Crippen molar-refractivity contribution >= 4 is 11.3 Å². The maximum Gasteiger partial charge on any atom is 0.160 e. The molecule has 1 N–H and O–H groups in total. The summed E-state index contributed by atoms with van der Waals surface area (Å²) in [5.41, 5.74) is 5.93. The van der Waals surface area contributed by atoms with Crippen molar-refractivity contribution < 1.29 is 4.39 Å². The summed E-state index contributed by atoms with van der Waals surface area (Å²) >= 11 is 0. The van der Waals surface area contributed by atoms with E-state index in [1.807, 2.05) is 35.0 Å². The molecular formula is C21H18FN3. The Labute approximate surface area is 145 Å². The fourth-order valence-corrected chi connectivity index (χ4v) is 2.92. The number of halogens is 1. The summed E-state index contributed by atoms with van der Waals surface area (Å²) in [6.07, 6.45) is 4.02. The van der Waals surface area contributed by atoms with Crippen LogP contribution in [-0.2, 0) is 6.54 Å². The zero-order valence-electron chi connectivity index (χ0n) is 13.9. The SMILES string of the molecule is Cc1cc(NCc2ccccc2)c2nc(-c3ccc(F)cc3)cn2c1. The highest BCUT2D eigenvalue weighted by Crippen LogP contribution is 2.25. The van der Waals surface area contributed by atoms with Crippen LogP contribution in [0.5, 0.6) is 0 Å². The first kappa shape index (κ1) is 15.4. The Morgan fingerprint density at radius 2 is 1.76 bits per heavy atom. The number of aromatic nitrogens is 2. The van der Waals surface area contributed by atoms with E-state index in [0.29, 0.717) is 0 Å². The monoisotopic (exact) mass is 331 g/mol. The Kier molecular flexibility index (Phi) is 3.94. The Balaban J connectivity index is 1.70. The summed E-state index contributed by atoms with van der Waals surface area (Å²) in [6.45, 7) is 2.80. The molecule has 0 unspecified atom stereocenters. The van der Waals surface area contributed by atoms with E-state index < -0.39 is 0 Å². The Hall–Kier alpha value is -3.14. The van der Waals surface area contributed by atoms with Gasteiger partial charge in [0.25, 0.3) is 0 Å². The van der Waals surface area contributed by atoms with E-state index in [1.54, 1.807) is 12.1 Å². The molecule has 2 aromatic carbocycles. The van der Waals surface area contributed by atoms with Gasteiger partial charge in [0.15, 0.2) is 5.65 Å². The smallest absolute Gasteiger partial charge is 0.160 e. The van der Waals surface area contributed by atoms with Crippen LogP contribution >= 0.6 is 0 Å². The fourth-order valence-electron chi connectivity index (χ4n) is 2.92. The molecule has 0 atom stereocenters. The predicted molar refractivity (Wildman–Crippen MR) is 99.1 cm³/mol. The third-order valence-corrected chi connectivity index (χ3v) is 4.15. The average molecular weight is 331 g/mol. The third-order valence-electron chi connectivity index (χ3n) is 4.15. The van der Waals surface area contributed by atoms with Gasteiger partial charge in [-0.15, -0.1) is 0 Å². The summed E-state index contributed by atoms with van der Waals surface area (Å²) < 4.78 is 15.2. The van der Waals surface area contributed by atoms with Gasteiger partial charge in [-0.3, -0.25) is 0 Å². The number of nitrogens with one attached hydrogen (secondary N) is 1. The molecule has 124 valence electrons. The normalized spacial score (nSPS) is 11.0. The fraction of sp³-hybridized carbons (Fsp3) is 0.0952. The summed E-state index contributed by atoms with van der Waals surface area (Å²) in [7, 11) is 0. The van der Waals surface area contributed by atoms with Crippen molar-refractivity contribution in [2.75, 3.05) is 5.32 Å². The molecule has 0 amide bonds. The number of hydrogen-bond donors (Lipinski definition) is 1. The van der Waals surface area contributed by atoms with Gasteiger partial charge in [0.2, 0.25) is 0 Å². The van der Waals surface area contributed by atoms with Crippen molar-refractivity contribution in [3.63, 3.8) is 0 Å². The molecule has 0 fully saturated rings. The van der Waals surface area contributed by atoms with Crippen LogP contribution < -0.4 is 5.32 Å². The number of hydrogen-bond acceptors (Lipinski definition) is 2. The molecule has 4 heteroatoms. The number of imidazole rings is 1. The molecule has 3 nitrogen and oxygen atoms in total. The lowest BCUT2D eigenvalue weighted by Crippen LogP contribution is -2.02. The van der Waals surface area contributed by atoms with Crippen molar-refractivity contribution in [3.05, 3.63) is 90.0 Å². The number of fused-ring (bicyclic) bond motifs is 1. The topological polar surface area (TPSA) is 29.3 Å². The first-order valence-electron chi connectivity index (χ1n) is 8.22. The van der Waals surface area contributed by atoms with E-state index in [2.05, 4.69) is 30.4 Å². The summed E-state index contributed by atoms with van der Waals surface area (Å²) in [6, 6.07) is 18.8. The van der Waals surface area contributed by atoms with Gasteiger partial charge in [-0.1, -0.05) is 30.3 Å². The lowest BCUT2D eigenvalue weighted by Gasteiger charge is -2.09. The molecule has 4 aromatic rings. The Morgan fingerprint density at radius 3 is 2.52 bits per heavy atom. The summed E-state index contributed by atoms with van der Waals surface area (Å²) in [5.74, 6) is -0.242. The zero-order valence-corrected chi connectivity index (χ0v) is 13.9. The molecule has 0 saturated heterocycles. The van der Waals surface area contributed by atoms with Gasteiger partial charge >= 0.3 is 0 Å². The minimum atomic E-state index is -0.242. The maximum atomic E-state index is 13.1. The molecule has 0 saturated carbocycles. The molecule has 0 bridgehead atoms. The van der Waals surface area contributed by atoms with Crippen LogP contribution in [0.15, 0.2) is 73.1 Å². The molecule has 0 spiro atoms. The number of rotatable bonds is 4. The van der Waals surface area contributed by atoms with Crippen LogP contribution in [0.2, 0.25) is 0 Å². The van der Waals surface area contributed by atoms with Crippen LogP contribution in [0.1, 0.15) is 11.1 Å². The number of nitrogens with zero attached hydrogens (tertiary/aromatic N) is 2. The quantitative estimate of drug-likeness (QED) is 0.566. The van der Waals surface area contributed by atoms with Crippen molar-refractivity contribution in [1.29, 1.82) is 0 Å². The lowest BCUT2D eigenvalue weighted by atomic mass is 10.2. The van der Waals surface area contributed by atoms with Crippen LogP contribution in [0.25, 0.3) is 16.9 Å². The summed E-state index contributed by atoms with van der Waals surface area (Å²) in [4.78, 5) is 4.74. The molecule has 0 aliphatic carbocycles. The average Bonchev–Trinajstić information content (AvgIpc) is 3.05. The second kappa shape index (κ2) is 6.40. The van der Waals surface area contributed by atoms with Crippen LogP contribution in [0.3, 0.4) is 0 Å². The summed E-state index contributed by atoms with van der Waals surface area (Å²) in [5, 5.41) is 3.48. The Morgan fingerprint density at radius 1 is 1.00 bits per heavy atom. The first-order valence-corrected chi connectivity index (χ1v) is 8.22. The van der Waals surface area contributed by atoms with Crippen LogP contribution in [0, 0.1) is 12.7 Å². The minimum Gasteiger partial charge on any atom is -0.378 e. The molecule has 2 aromatic heterocycles. The molecule has 0 aliphatic rings. The maximum absolute atomic E-state index is 13.1. The van der Waals surface area contributed by atoms with Gasteiger partial charge < -0.3 is 9.72 Å². The highest BCUT2D eigenvalue weighted by Gasteiger charge is 2.09. The predicted octanol–water partition coefficient (Wildman–Crippen LogP) is 5.06. The Bertz CT molecular complexity index is 1000. The van der Waals surface area contributed by atoms with Gasteiger partial charge in [-0.05, 0) is 48.4 Å². The number of benzene rings is 2. The van der Waals surface area contributed by atoms with Crippen LogP contribution in [-0.4, -0.2) is 9.38 Å². The molecule has 2 heterocycles.